The molecule has 1 N–H and O–H groups in total. The summed E-state index contributed by atoms with van der Waals surface area (Å²) in [5, 5.41) is 7.67. The van der Waals surface area contributed by atoms with E-state index in [2.05, 4.69) is 10.4 Å². The number of anilines is 2. The first kappa shape index (κ1) is 21.8. The van der Waals surface area contributed by atoms with Gasteiger partial charge < -0.3 is 10.2 Å². The standard InChI is InChI=1S/C21H26FN5O2S/c1-25(2)21-10-9-19(30(28,29)26(3)4)11-20(21)23-12-17-13-24-27(15-17)14-16-5-7-18(22)8-6-16/h5-11,13,15,23H,12,14H2,1-4H3. The molecule has 0 unspecified atom stereocenters. The van der Waals surface area contributed by atoms with E-state index in [1.807, 2.05) is 25.2 Å². The van der Waals surface area contributed by atoms with Crippen LogP contribution in [0, 0.1) is 5.82 Å². The second-order valence-electron chi connectivity index (χ2n) is 7.39. The lowest BCUT2D eigenvalue weighted by Gasteiger charge is -2.20. The minimum atomic E-state index is -3.53. The highest BCUT2D eigenvalue weighted by Gasteiger charge is 2.19. The van der Waals surface area contributed by atoms with Gasteiger partial charge in [-0.15, -0.1) is 0 Å². The van der Waals surface area contributed by atoms with Crippen LogP contribution in [0.3, 0.4) is 0 Å². The Bertz CT molecular complexity index is 1110. The van der Waals surface area contributed by atoms with Gasteiger partial charge in [-0.2, -0.15) is 5.10 Å². The first-order valence-corrected chi connectivity index (χ1v) is 10.8. The van der Waals surface area contributed by atoms with Crippen LogP contribution in [0.4, 0.5) is 15.8 Å². The van der Waals surface area contributed by atoms with Crippen LogP contribution in [0.25, 0.3) is 0 Å². The quantitative estimate of drug-likeness (QED) is 0.594. The van der Waals surface area contributed by atoms with Crippen molar-refractivity contribution in [1.82, 2.24) is 14.1 Å². The van der Waals surface area contributed by atoms with Crippen molar-refractivity contribution in [2.75, 3.05) is 38.4 Å². The van der Waals surface area contributed by atoms with Gasteiger partial charge in [0.1, 0.15) is 5.82 Å². The largest absolute Gasteiger partial charge is 0.379 e. The van der Waals surface area contributed by atoms with Crippen molar-refractivity contribution in [3.05, 3.63) is 71.8 Å². The summed E-state index contributed by atoms with van der Waals surface area (Å²) in [6.45, 7) is 1.02. The zero-order chi connectivity index (χ0) is 21.9. The van der Waals surface area contributed by atoms with Crippen LogP contribution in [0.1, 0.15) is 11.1 Å². The molecule has 1 heterocycles. The highest BCUT2D eigenvalue weighted by atomic mass is 32.2. The lowest BCUT2D eigenvalue weighted by atomic mass is 10.2. The van der Waals surface area contributed by atoms with Gasteiger partial charge in [0, 0.05) is 46.5 Å². The van der Waals surface area contributed by atoms with Crippen LogP contribution < -0.4 is 10.2 Å². The molecular weight excluding hydrogens is 405 g/mol. The number of nitrogens with zero attached hydrogens (tertiary/aromatic N) is 4. The molecule has 0 amide bonds. The third kappa shape index (κ3) is 4.98. The Morgan fingerprint density at radius 3 is 2.37 bits per heavy atom. The molecule has 0 saturated heterocycles. The van der Waals surface area contributed by atoms with Crippen molar-refractivity contribution in [2.24, 2.45) is 0 Å². The molecule has 0 fully saturated rings. The Morgan fingerprint density at radius 2 is 1.73 bits per heavy atom. The number of rotatable bonds is 8. The van der Waals surface area contributed by atoms with Crippen LogP contribution in [0.15, 0.2) is 59.8 Å². The topological polar surface area (TPSA) is 70.5 Å². The maximum atomic E-state index is 13.1. The van der Waals surface area contributed by atoms with Gasteiger partial charge in [-0.25, -0.2) is 17.1 Å². The fourth-order valence-electron chi connectivity index (χ4n) is 2.98. The van der Waals surface area contributed by atoms with Crippen LogP contribution in [0.5, 0.6) is 0 Å². The molecule has 7 nitrogen and oxygen atoms in total. The Morgan fingerprint density at radius 1 is 1.03 bits per heavy atom. The summed E-state index contributed by atoms with van der Waals surface area (Å²) < 4.78 is 41.0. The van der Waals surface area contributed by atoms with E-state index >= 15 is 0 Å². The number of nitrogens with one attached hydrogen (secondary N) is 1. The SMILES string of the molecule is CN(C)c1ccc(S(=O)(=O)N(C)C)cc1NCc1cnn(Cc2ccc(F)cc2)c1. The van der Waals surface area contributed by atoms with Crippen molar-refractivity contribution in [3.8, 4) is 0 Å². The third-order valence-corrected chi connectivity index (χ3v) is 6.47. The fourth-order valence-corrected chi connectivity index (χ4v) is 3.90. The van der Waals surface area contributed by atoms with Crippen LogP contribution in [-0.4, -0.2) is 50.7 Å². The van der Waals surface area contributed by atoms with Crippen LogP contribution >= 0.6 is 0 Å². The lowest BCUT2D eigenvalue weighted by Crippen LogP contribution is -2.22. The molecule has 0 bridgehead atoms. The molecular formula is C21H26FN5O2S. The average molecular weight is 432 g/mol. The maximum Gasteiger partial charge on any atom is 0.242 e. The highest BCUT2D eigenvalue weighted by molar-refractivity contribution is 7.89. The number of aromatic nitrogens is 2. The lowest BCUT2D eigenvalue weighted by molar-refractivity contribution is 0.521. The summed E-state index contributed by atoms with van der Waals surface area (Å²) in [5.74, 6) is -0.265. The molecule has 0 aliphatic carbocycles. The Balaban J connectivity index is 1.76. The number of halogens is 1. The minimum absolute atomic E-state index is 0.229. The van der Waals surface area contributed by atoms with E-state index in [0.29, 0.717) is 18.8 Å². The first-order valence-electron chi connectivity index (χ1n) is 9.40. The van der Waals surface area contributed by atoms with Crippen LogP contribution in [0.2, 0.25) is 0 Å². The molecule has 1 aromatic heterocycles. The zero-order valence-corrected chi connectivity index (χ0v) is 18.3. The smallest absolute Gasteiger partial charge is 0.242 e. The van der Waals surface area contributed by atoms with Crippen molar-refractivity contribution in [2.45, 2.75) is 18.0 Å². The van der Waals surface area contributed by atoms with E-state index in [9.17, 15) is 12.8 Å². The molecule has 9 heteroatoms. The normalized spacial score (nSPS) is 11.7. The molecule has 0 spiro atoms. The van der Waals surface area contributed by atoms with E-state index < -0.39 is 10.0 Å². The number of hydrogen-bond donors (Lipinski definition) is 1. The van der Waals surface area contributed by atoms with Gasteiger partial charge >= 0.3 is 0 Å². The van der Waals surface area contributed by atoms with Gasteiger partial charge in [-0.05, 0) is 35.9 Å². The predicted molar refractivity (Wildman–Crippen MR) is 117 cm³/mol. The molecule has 2 aromatic carbocycles. The summed E-state index contributed by atoms with van der Waals surface area (Å²) in [4.78, 5) is 2.15. The van der Waals surface area contributed by atoms with E-state index in [-0.39, 0.29) is 10.7 Å². The Kier molecular flexibility index (Phi) is 6.42. The summed E-state index contributed by atoms with van der Waals surface area (Å²) in [5.41, 5.74) is 3.50. The third-order valence-electron chi connectivity index (χ3n) is 4.66. The van der Waals surface area contributed by atoms with Crippen molar-refractivity contribution in [1.29, 1.82) is 0 Å². The monoisotopic (exact) mass is 431 g/mol. The van der Waals surface area contributed by atoms with Gasteiger partial charge in [-0.1, -0.05) is 12.1 Å². The summed E-state index contributed by atoms with van der Waals surface area (Å²) in [6.07, 6.45) is 3.67. The first-order chi connectivity index (χ1) is 14.2. The van der Waals surface area contributed by atoms with Gasteiger partial charge in [0.05, 0.1) is 29.0 Å². The molecule has 0 aliphatic heterocycles. The van der Waals surface area contributed by atoms with Gasteiger partial charge in [-0.3, -0.25) is 4.68 Å². The predicted octanol–water partition coefficient (Wildman–Crippen LogP) is 3.00. The maximum absolute atomic E-state index is 13.1. The molecule has 3 aromatic rings. The highest BCUT2D eigenvalue weighted by Crippen LogP contribution is 2.29. The van der Waals surface area contributed by atoms with Gasteiger partial charge in [0.2, 0.25) is 10.0 Å². The molecule has 0 atom stereocenters. The number of benzene rings is 2. The van der Waals surface area contributed by atoms with Crippen molar-refractivity contribution < 1.29 is 12.8 Å². The van der Waals surface area contributed by atoms with E-state index in [1.165, 1.54) is 30.5 Å². The number of hydrogen-bond acceptors (Lipinski definition) is 5. The molecule has 3 rings (SSSR count). The Hall–Kier alpha value is -2.91. The second-order valence-corrected chi connectivity index (χ2v) is 9.54. The summed E-state index contributed by atoms with van der Waals surface area (Å²) >= 11 is 0. The van der Waals surface area contributed by atoms with Crippen molar-refractivity contribution >= 4 is 21.4 Å². The molecule has 30 heavy (non-hydrogen) atoms. The molecule has 160 valence electrons. The van der Waals surface area contributed by atoms with E-state index in [0.717, 1.165) is 16.8 Å². The van der Waals surface area contributed by atoms with Crippen molar-refractivity contribution in [3.63, 3.8) is 0 Å². The zero-order valence-electron chi connectivity index (χ0n) is 17.5. The van der Waals surface area contributed by atoms with E-state index in [1.54, 1.807) is 41.2 Å². The second kappa shape index (κ2) is 8.85. The molecule has 0 aliphatic rings. The van der Waals surface area contributed by atoms with Gasteiger partial charge in [0.15, 0.2) is 0 Å². The van der Waals surface area contributed by atoms with E-state index in [4.69, 9.17) is 0 Å². The van der Waals surface area contributed by atoms with Crippen LogP contribution in [-0.2, 0) is 23.1 Å². The minimum Gasteiger partial charge on any atom is -0.379 e. The average Bonchev–Trinajstić information content (AvgIpc) is 3.15. The number of sulfonamides is 1. The van der Waals surface area contributed by atoms with Gasteiger partial charge in [0.25, 0.3) is 0 Å². The molecule has 0 saturated carbocycles. The Labute approximate surface area is 176 Å². The summed E-state index contributed by atoms with van der Waals surface area (Å²) in [7, 11) is 3.30. The molecule has 0 radical (unpaired) electrons. The summed E-state index contributed by atoms with van der Waals surface area (Å²) in [6, 6.07) is 11.4. The fraction of sp³-hybridized carbons (Fsp3) is 0.286.